The molecule has 0 amide bonds. The highest BCUT2D eigenvalue weighted by atomic mass is 14.7. The van der Waals surface area contributed by atoms with Crippen molar-refractivity contribution >= 4 is 24.3 Å². The van der Waals surface area contributed by atoms with Gasteiger partial charge in [-0.3, -0.25) is 0 Å². The Kier molecular flexibility index (Phi) is 2.40. The molecule has 0 atom stereocenters. The van der Waals surface area contributed by atoms with Gasteiger partial charge in [-0.2, -0.15) is 0 Å². The predicted molar refractivity (Wildman–Crippen MR) is 63.0 cm³/mol. The van der Waals surface area contributed by atoms with E-state index in [4.69, 9.17) is 0 Å². The molecule has 0 aliphatic heterocycles. The van der Waals surface area contributed by atoms with Gasteiger partial charge in [-0.15, -0.1) is 0 Å². The summed E-state index contributed by atoms with van der Waals surface area (Å²) in [7, 11) is 0. The minimum atomic E-state index is 1.14. The maximum absolute atomic E-state index is 3.87. The van der Waals surface area contributed by atoms with Gasteiger partial charge < -0.3 is 4.98 Å². The highest BCUT2D eigenvalue weighted by molar-refractivity contribution is 5.64. The lowest BCUT2D eigenvalue weighted by Gasteiger charge is -1.94. The van der Waals surface area contributed by atoms with Crippen LogP contribution < -0.4 is 10.6 Å². The maximum Gasteiger partial charge on any atom is 0.0461 e. The largest absolute Gasteiger partial charge is 0.355 e. The van der Waals surface area contributed by atoms with Crippen LogP contribution in [-0.2, 0) is 0 Å². The summed E-state index contributed by atoms with van der Waals surface area (Å²) in [6.07, 6.45) is 12.9. The van der Waals surface area contributed by atoms with Crippen LogP contribution in [0.15, 0.2) is 12.7 Å². The van der Waals surface area contributed by atoms with E-state index < -0.39 is 0 Å². The van der Waals surface area contributed by atoms with Crippen LogP contribution in [0.25, 0.3) is 24.3 Å². The van der Waals surface area contributed by atoms with Crippen molar-refractivity contribution in [3.63, 3.8) is 0 Å². The van der Waals surface area contributed by atoms with E-state index in [1.54, 1.807) is 0 Å². The molecule has 0 spiro atoms. The van der Waals surface area contributed by atoms with E-state index in [1.807, 2.05) is 19.1 Å². The van der Waals surface area contributed by atoms with Gasteiger partial charge in [-0.1, -0.05) is 30.9 Å². The lowest BCUT2D eigenvalue weighted by atomic mass is 10.1. The zero-order chi connectivity index (χ0) is 9.97. The summed E-state index contributed by atoms with van der Waals surface area (Å²) in [5, 5.41) is 2.57. The molecule has 1 aromatic heterocycles. The third-order valence-electron chi connectivity index (χ3n) is 2.54. The lowest BCUT2D eigenvalue weighted by molar-refractivity contribution is 1.10. The maximum atomic E-state index is 3.87. The Labute approximate surface area is 84.2 Å². The van der Waals surface area contributed by atoms with Gasteiger partial charge in [0.2, 0.25) is 0 Å². The third kappa shape index (κ3) is 1.35. The fourth-order valence-corrected chi connectivity index (χ4v) is 1.92. The molecule has 14 heavy (non-hydrogen) atoms. The van der Waals surface area contributed by atoms with Crippen LogP contribution in [0.3, 0.4) is 0 Å². The highest BCUT2D eigenvalue weighted by Crippen LogP contribution is 2.06. The van der Waals surface area contributed by atoms with Crippen LogP contribution in [0.2, 0.25) is 0 Å². The first-order valence-electron chi connectivity index (χ1n) is 5.04. The number of rotatable bonds is 2. The average Bonchev–Trinajstić information content (AvgIpc) is 2.55. The molecule has 1 heterocycles. The van der Waals surface area contributed by atoms with Gasteiger partial charge in [0.25, 0.3) is 0 Å². The van der Waals surface area contributed by atoms with Crippen molar-refractivity contribution < 1.29 is 0 Å². The van der Waals surface area contributed by atoms with E-state index in [1.165, 1.54) is 21.8 Å². The number of H-pyrrole nitrogens is 1. The van der Waals surface area contributed by atoms with E-state index in [9.17, 15) is 0 Å². The molecule has 0 aromatic carbocycles. The Balaban J connectivity index is 2.77. The molecular formula is C13H15N. The number of fused-ring (bicyclic) bond motifs is 1. The van der Waals surface area contributed by atoms with Crippen molar-refractivity contribution in [2.75, 3.05) is 0 Å². The Bertz CT molecular complexity index is 486. The number of nitrogens with one attached hydrogen (secondary N) is 1. The molecule has 1 N–H and O–H groups in total. The van der Waals surface area contributed by atoms with Crippen LogP contribution in [0.5, 0.6) is 0 Å². The van der Waals surface area contributed by atoms with E-state index in [0.717, 1.165) is 12.8 Å². The van der Waals surface area contributed by atoms with Crippen molar-refractivity contribution in [2.45, 2.75) is 19.8 Å². The molecule has 1 heteroatoms. The summed E-state index contributed by atoms with van der Waals surface area (Å²) in [5.74, 6) is 0. The molecule has 1 aliphatic rings. The minimum absolute atomic E-state index is 1.14. The van der Waals surface area contributed by atoms with Crippen molar-refractivity contribution in [3.05, 3.63) is 34.5 Å². The molecule has 0 bridgehead atoms. The number of allylic oxidation sites excluding steroid dienone is 1. The SMILES string of the molecule is C=Cc1c(/C=C\C)[nH]c2c1=CCCC=2. The normalized spacial score (nSPS) is 14.6. The second-order valence-corrected chi connectivity index (χ2v) is 3.47. The topological polar surface area (TPSA) is 15.8 Å². The fraction of sp³-hybridized carbons (Fsp3) is 0.231. The summed E-state index contributed by atoms with van der Waals surface area (Å²) in [5.41, 5.74) is 2.40. The van der Waals surface area contributed by atoms with Crippen molar-refractivity contribution in [1.82, 2.24) is 4.98 Å². The summed E-state index contributed by atoms with van der Waals surface area (Å²) >= 11 is 0. The van der Waals surface area contributed by atoms with E-state index in [0.29, 0.717) is 0 Å². The van der Waals surface area contributed by atoms with Crippen LogP contribution in [0, 0.1) is 0 Å². The Hall–Kier alpha value is -1.50. The average molecular weight is 185 g/mol. The second-order valence-electron chi connectivity index (χ2n) is 3.47. The quantitative estimate of drug-likeness (QED) is 0.725. The molecule has 0 radical (unpaired) electrons. The first-order chi connectivity index (χ1) is 6.86. The van der Waals surface area contributed by atoms with E-state index >= 15 is 0 Å². The predicted octanol–water partition coefficient (Wildman–Crippen LogP) is 2.05. The molecule has 0 saturated carbocycles. The number of hydrogen-bond donors (Lipinski definition) is 1. The molecule has 0 fully saturated rings. The first kappa shape index (κ1) is 9.07. The summed E-state index contributed by atoms with van der Waals surface area (Å²) in [6, 6.07) is 0. The number of aromatic amines is 1. The van der Waals surface area contributed by atoms with Crippen LogP contribution in [-0.4, -0.2) is 4.98 Å². The molecule has 0 unspecified atom stereocenters. The van der Waals surface area contributed by atoms with Crippen molar-refractivity contribution in [1.29, 1.82) is 0 Å². The molecule has 72 valence electrons. The van der Waals surface area contributed by atoms with Gasteiger partial charge in [-0.05, 0) is 25.8 Å². The van der Waals surface area contributed by atoms with E-state index in [-0.39, 0.29) is 0 Å². The number of hydrogen-bond acceptors (Lipinski definition) is 0. The second kappa shape index (κ2) is 3.70. The monoisotopic (exact) mass is 185 g/mol. The van der Waals surface area contributed by atoms with Crippen molar-refractivity contribution in [3.8, 4) is 0 Å². The lowest BCUT2D eigenvalue weighted by Crippen LogP contribution is -2.25. The van der Waals surface area contributed by atoms with E-state index in [2.05, 4.69) is 29.8 Å². The highest BCUT2D eigenvalue weighted by Gasteiger charge is 2.04. The van der Waals surface area contributed by atoms with Gasteiger partial charge in [-0.25, -0.2) is 0 Å². The molecule has 1 nitrogen and oxygen atoms in total. The zero-order valence-electron chi connectivity index (χ0n) is 8.51. The van der Waals surface area contributed by atoms with Gasteiger partial charge in [0.05, 0.1) is 0 Å². The fourth-order valence-electron chi connectivity index (χ4n) is 1.92. The smallest absolute Gasteiger partial charge is 0.0461 e. The van der Waals surface area contributed by atoms with Gasteiger partial charge in [0.1, 0.15) is 0 Å². The first-order valence-corrected chi connectivity index (χ1v) is 5.04. The van der Waals surface area contributed by atoms with Gasteiger partial charge >= 0.3 is 0 Å². The van der Waals surface area contributed by atoms with Gasteiger partial charge in [0.15, 0.2) is 0 Å². The summed E-state index contributed by atoms with van der Waals surface area (Å²) < 4.78 is 0. The van der Waals surface area contributed by atoms with Crippen LogP contribution in [0.1, 0.15) is 31.0 Å². The number of aromatic nitrogens is 1. The summed E-state index contributed by atoms with van der Waals surface area (Å²) in [4.78, 5) is 3.41. The Morgan fingerprint density at radius 1 is 1.36 bits per heavy atom. The standard InChI is InChI=1S/C13H15N/c1-3-7-12-10(4-2)11-8-5-6-9-13(11)14-12/h3-4,7-9,14H,2,5-6H2,1H3/b7-3-. The third-order valence-corrected chi connectivity index (χ3v) is 2.54. The van der Waals surface area contributed by atoms with Crippen LogP contribution >= 0.6 is 0 Å². The van der Waals surface area contributed by atoms with Gasteiger partial charge in [0, 0.05) is 21.8 Å². The minimum Gasteiger partial charge on any atom is -0.355 e. The van der Waals surface area contributed by atoms with Crippen molar-refractivity contribution in [2.24, 2.45) is 0 Å². The van der Waals surface area contributed by atoms with Crippen LogP contribution in [0.4, 0.5) is 0 Å². The Morgan fingerprint density at radius 2 is 2.14 bits per heavy atom. The molecule has 1 aromatic rings. The molecule has 1 aliphatic carbocycles. The summed E-state index contributed by atoms with van der Waals surface area (Å²) in [6.45, 7) is 5.89. The molecule has 2 rings (SSSR count). The molecule has 0 saturated heterocycles. The zero-order valence-corrected chi connectivity index (χ0v) is 8.51. The molecular weight excluding hydrogens is 170 g/mol. The Morgan fingerprint density at radius 3 is 2.86 bits per heavy atom.